The second kappa shape index (κ2) is 5.50. The Labute approximate surface area is 91.5 Å². The van der Waals surface area contributed by atoms with Gasteiger partial charge in [0.2, 0.25) is 5.70 Å². The van der Waals surface area contributed by atoms with Gasteiger partial charge in [-0.05, 0) is 24.3 Å². The summed E-state index contributed by atoms with van der Waals surface area (Å²) in [6, 6.07) is 6.55. The Balaban J connectivity index is 2.80. The van der Waals surface area contributed by atoms with Gasteiger partial charge in [0.05, 0.1) is 12.8 Å². The Morgan fingerprint density at radius 3 is 2.44 bits per heavy atom. The Morgan fingerprint density at radius 1 is 1.38 bits per heavy atom. The van der Waals surface area contributed by atoms with Gasteiger partial charge in [-0.25, -0.2) is 4.79 Å². The fourth-order valence-corrected chi connectivity index (χ4v) is 0.884. The van der Waals surface area contributed by atoms with E-state index in [2.05, 4.69) is 10.2 Å². The number of nitrogens with zero attached hydrogens (tertiary/aromatic N) is 2. The van der Waals surface area contributed by atoms with Gasteiger partial charge < -0.3 is 14.9 Å². The molecular formula is C10H10N2O4. The van der Waals surface area contributed by atoms with Gasteiger partial charge in [-0.2, -0.15) is 5.11 Å². The van der Waals surface area contributed by atoms with E-state index in [1.54, 1.807) is 24.3 Å². The summed E-state index contributed by atoms with van der Waals surface area (Å²) in [6.45, 7) is 0. The van der Waals surface area contributed by atoms with E-state index in [1.807, 2.05) is 0 Å². The summed E-state index contributed by atoms with van der Waals surface area (Å²) in [6.07, 6.45) is 0.384. The van der Waals surface area contributed by atoms with Gasteiger partial charge >= 0.3 is 5.97 Å². The van der Waals surface area contributed by atoms with E-state index in [9.17, 15) is 4.79 Å². The maximum absolute atomic E-state index is 10.5. The monoisotopic (exact) mass is 222 g/mol. The molecule has 0 unspecified atom stereocenters. The number of rotatable bonds is 4. The predicted octanol–water partition coefficient (Wildman–Crippen LogP) is 2.26. The zero-order valence-corrected chi connectivity index (χ0v) is 8.49. The van der Waals surface area contributed by atoms with E-state index in [1.165, 1.54) is 7.11 Å². The predicted molar refractivity (Wildman–Crippen MR) is 55.9 cm³/mol. The molecule has 0 atom stereocenters. The van der Waals surface area contributed by atoms with Crippen LogP contribution in [0.2, 0.25) is 0 Å². The normalized spacial score (nSPS) is 11.7. The molecule has 0 amide bonds. The largest absolute Gasteiger partial charge is 0.513 e. The first-order chi connectivity index (χ1) is 7.67. The lowest BCUT2D eigenvalue weighted by Gasteiger charge is -1.98. The van der Waals surface area contributed by atoms with Gasteiger partial charge in [-0.1, -0.05) is 0 Å². The molecule has 6 heteroatoms. The molecule has 0 aliphatic heterocycles. The van der Waals surface area contributed by atoms with Crippen LogP contribution in [0.25, 0.3) is 0 Å². The number of aliphatic hydroxyl groups excluding tert-OH is 1. The van der Waals surface area contributed by atoms with Gasteiger partial charge in [0, 0.05) is 0 Å². The smallest absolute Gasteiger partial charge is 0.359 e. The number of carboxylic acids is 1. The molecule has 0 spiro atoms. The Kier molecular flexibility index (Phi) is 4.02. The Bertz CT molecular complexity index is 423. The van der Waals surface area contributed by atoms with E-state index >= 15 is 0 Å². The molecule has 1 rings (SSSR count). The topological polar surface area (TPSA) is 91.5 Å². The van der Waals surface area contributed by atoms with E-state index in [4.69, 9.17) is 14.9 Å². The lowest BCUT2D eigenvalue weighted by molar-refractivity contribution is -0.132. The SMILES string of the molecule is COc1ccc(N=NC(=CO)C(=O)O)cc1. The van der Waals surface area contributed by atoms with Crippen molar-refractivity contribution in [2.45, 2.75) is 0 Å². The van der Waals surface area contributed by atoms with Gasteiger partial charge in [-0.3, -0.25) is 0 Å². The van der Waals surface area contributed by atoms with E-state index < -0.39 is 11.7 Å². The van der Waals surface area contributed by atoms with Gasteiger partial charge in [0.1, 0.15) is 12.0 Å². The van der Waals surface area contributed by atoms with E-state index in [0.29, 0.717) is 17.7 Å². The molecule has 0 aliphatic rings. The number of hydrogen-bond acceptors (Lipinski definition) is 5. The molecule has 6 nitrogen and oxygen atoms in total. The van der Waals surface area contributed by atoms with Crippen LogP contribution < -0.4 is 4.74 Å². The second-order valence-electron chi connectivity index (χ2n) is 2.72. The van der Waals surface area contributed by atoms with Crippen molar-refractivity contribution in [1.29, 1.82) is 0 Å². The van der Waals surface area contributed by atoms with Crippen molar-refractivity contribution in [3.05, 3.63) is 36.2 Å². The zero-order chi connectivity index (χ0) is 12.0. The highest BCUT2D eigenvalue weighted by Gasteiger charge is 2.04. The minimum absolute atomic E-state index is 0.384. The van der Waals surface area contributed by atoms with Crippen LogP contribution in [0.4, 0.5) is 5.69 Å². The number of azo groups is 1. The number of carbonyl (C=O) groups is 1. The molecule has 1 aromatic carbocycles. The summed E-state index contributed by atoms with van der Waals surface area (Å²) in [5.74, 6) is -0.685. The van der Waals surface area contributed by atoms with Crippen LogP contribution in [0.5, 0.6) is 5.75 Å². The maximum Gasteiger partial charge on any atom is 0.359 e. The number of benzene rings is 1. The lowest BCUT2D eigenvalue weighted by atomic mass is 10.3. The number of ether oxygens (including phenoxy) is 1. The third kappa shape index (κ3) is 3.09. The van der Waals surface area contributed by atoms with E-state index in [0.717, 1.165) is 0 Å². The summed E-state index contributed by atoms with van der Waals surface area (Å²) in [5.41, 5.74) is -0.0720. The fraction of sp³-hybridized carbons (Fsp3) is 0.100. The molecule has 0 bridgehead atoms. The van der Waals surface area contributed by atoms with Crippen molar-refractivity contribution < 1.29 is 19.7 Å². The number of aliphatic carboxylic acids is 1. The Morgan fingerprint density at radius 2 is 2.00 bits per heavy atom. The number of methoxy groups -OCH3 is 1. The first kappa shape index (κ1) is 11.7. The summed E-state index contributed by atoms with van der Waals surface area (Å²) < 4.78 is 4.94. The van der Waals surface area contributed by atoms with Gasteiger partial charge in [0.25, 0.3) is 0 Å². The summed E-state index contributed by atoms with van der Waals surface area (Å²) >= 11 is 0. The molecular weight excluding hydrogens is 212 g/mol. The molecule has 0 aliphatic carbocycles. The standard InChI is InChI=1S/C10H10N2O4/c1-16-8-4-2-7(3-5-8)11-12-9(6-13)10(14)15/h2-6,13H,1H3,(H,14,15). The summed E-state index contributed by atoms with van der Waals surface area (Å²) in [5, 5.41) is 24.1. The summed E-state index contributed by atoms with van der Waals surface area (Å²) in [7, 11) is 1.54. The number of aliphatic hydroxyl groups is 1. The Hall–Kier alpha value is -2.37. The number of carboxylic acid groups (broad SMARTS) is 1. The molecule has 1 aromatic rings. The molecule has 0 fully saturated rings. The molecule has 0 aromatic heterocycles. The van der Waals surface area contributed by atoms with Crippen molar-refractivity contribution >= 4 is 11.7 Å². The molecule has 16 heavy (non-hydrogen) atoms. The van der Waals surface area contributed by atoms with Crippen LogP contribution in [-0.2, 0) is 4.79 Å². The molecule has 0 radical (unpaired) electrons. The van der Waals surface area contributed by atoms with Crippen molar-refractivity contribution in [2.24, 2.45) is 10.2 Å². The summed E-state index contributed by atoms with van der Waals surface area (Å²) in [4.78, 5) is 10.5. The van der Waals surface area contributed by atoms with Crippen LogP contribution >= 0.6 is 0 Å². The third-order valence-corrected chi connectivity index (χ3v) is 1.69. The quantitative estimate of drug-likeness (QED) is 0.464. The molecule has 2 N–H and O–H groups in total. The van der Waals surface area contributed by atoms with Crippen molar-refractivity contribution in [3.63, 3.8) is 0 Å². The van der Waals surface area contributed by atoms with Crippen molar-refractivity contribution in [3.8, 4) is 5.75 Å². The second-order valence-corrected chi connectivity index (χ2v) is 2.72. The maximum atomic E-state index is 10.5. The minimum atomic E-state index is -1.35. The first-order valence-electron chi connectivity index (χ1n) is 4.31. The highest BCUT2D eigenvalue weighted by atomic mass is 16.5. The lowest BCUT2D eigenvalue weighted by Crippen LogP contribution is -1.96. The fourth-order valence-electron chi connectivity index (χ4n) is 0.884. The average Bonchev–Trinajstić information content (AvgIpc) is 2.30. The van der Waals surface area contributed by atoms with Gasteiger partial charge in [-0.15, -0.1) is 5.11 Å². The zero-order valence-electron chi connectivity index (χ0n) is 8.49. The molecule has 0 saturated carbocycles. The van der Waals surface area contributed by atoms with Crippen LogP contribution in [-0.4, -0.2) is 23.3 Å². The minimum Gasteiger partial charge on any atom is -0.513 e. The van der Waals surface area contributed by atoms with Gasteiger partial charge in [0.15, 0.2) is 0 Å². The molecule has 0 heterocycles. The van der Waals surface area contributed by atoms with Crippen molar-refractivity contribution in [2.75, 3.05) is 7.11 Å². The highest BCUT2D eigenvalue weighted by molar-refractivity contribution is 5.85. The highest BCUT2D eigenvalue weighted by Crippen LogP contribution is 2.18. The first-order valence-corrected chi connectivity index (χ1v) is 4.31. The molecule has 84 valence electrons. The van der Waals surface area contributed by atoms with Crippen LogP contribution in [0.15, 0.2) is 46.5 Å². The van der Waals surface area contributed by atoms with E-state index in [-0.39, 0.29) is 0 Å². The van der Waals surface area contributed by atoms with Crippen molar-refractivity contribution in [1.82, 2.24) is 0 Å². The average molecular weight is 222 g/mol. The molecule has 0 saturated heterocycles. The number of hydrogen-bond donors (Lipinski definition) is 2. The van der Waals surface area contributed by atoms with Crippen LogP contribution in [0.1, 0.15) is 0 Å². The van der Waals surface area contributed by atoms with Crippen LogP contribution in [0, 0.1) is 0 Å². The third-order valence-electron chi connectivity index (χ3n) is 1.69. The van der Waals surface area contributed by atoms with Crippen LogP contribution in [0.3, 0.4) is 0 Å².